The lowest BCUT2D eigenvalue weighted by Gasteiger charge is -2.14. The normalized spacial score (nSPS) is 38.0. The molecule has 0 aromatic rings. The summed E-state index contributed by atoms with van der Waals surface area (Å²) in [5.74, 6) is 0. The van der Waals surface area contributed by atoms with Crippen molar-refractivity contribution < 1.29 is 0 Å². The Bertz CT molecular complexity index is 259. The number of fused-ring (bicyclic) bond motifs is 1. The second-order valence-corrected chi connectivity index (χ2v) is 5.62. The molecule has 0 aromatic heterocycles. The highest BCUT2D eigenvalue weighted by molar-refractivity contribution is 5.37. The van der Waals surface area contributed by atoms with Crippen molar-refractivity contribution in [2.75, 3.05) is 0 Å². The molecule has 4 aliphatic carbocycles. The summed E-state index contributed by atoms with van der Waals surface area (Å²) >= 11 is 0. The molecule has 0 radical (unpaired) electrons. The van der Waals surface area contributed by atoms with E-state index >= 15 is 0 Å². The number of hydrogen-bond donors (Lipinski definition) is 0. The molecule has 4 aliphatic rings. The van der Waals surface area contributed by atoms with Crippen LogP contribution in [-0.2, 0) is 0 Å². The van der Waals surface area contributed by atoms with Gasteiger partial charge in [0.05, 0.1) is 0 Å². The van der Waals surface area contributed by atoms with Gasteiger partial charge in [-0.15, -0.1) is 0 Å². The Kier molecular flexibility index (Phi) is 0.799. The Morgan fingerprint density at radius 1 is 0.667 bits per heavy atom. The molecule has 0 N–H and O–H groups in total. The van der Waals surface area contributed by atoms with Crippen molar-refractivity contribution in [1.82, 2.24) is 0 Å². The predicted octanol–water partition coefficient (Wildman–Crippen LogP) is 3.43. The first kappa shape index (κ1) is 6.23. The zero-order chi connectivity index (χ0) is 7.81. The molecule has 0 amide bonds. The standard InChI is InChI=1S/C12H16/c1-2-9(1)10-7-11(3-4-11)12(8-10)5-6-12/h1-8H2. The molecule has 2 spiro atoms. The van der Waals surface area contributed by atoms with Gasteiger partial charge in [-0.3, -0.25) is 0 Å². The highest BCUT2D eigenvalue weighted by atomic mass is 14.7. The largest absolute Gasteiger partial charge is 0.0703 e. The lowest BCUT2D eigenvalue weighted by Crippen LogP contribution is -2.07. The van der Waals surface area contributed by atoms with Crippen molar-refractivity contribution in [2.24, 2.45) is 10.8 Å². The third-order valence-corrected chi connectivity index (χ3v) is 4.94. The van der Waals surface area contributed by atoms with E-state index in [0.717, 1.165) is 10.8 Å². The lowest BCUT2D eigenvalue weighted by atomic mass is 9.90. The smallest absolute Gasteiger partial charge is 0.0200 e. The summed E-state index contributed by atoms with van der Waals surface area (Å²) in [6.45, 7) is 0. The fourth-order valence-corrected chi connectivity index (χ4v) is 3.64. The summed E-state index contributed by atoms with van der Waals surface area (Å²) in [4.78, 5) is 0. The van der Waals surface area contributed by atoms with Crippen LogP contribution in [0.2, 0.25) is 0 Å². The Morgan fingerprint density at radius 2 is 1.17 bits per heavy atom. The van der Waals surface area contributed by atoms with Crippen LogP contribution in [0.4, 0.5) is 0 Å². The van der Waals surface area contributed by atoms with Crippen molar-refractivity contribution in [1.29, 1.82) is 0 Å². The molecular weight excluding hydrogens is 144 g/mol. The van der Waals surface area contributed by atoms with Gasteiger partial charge in [-0.1, -0.05) is 11.1 Å². The van der Waals surface area contributed by atoms with Crippen molar-refractivity contribution in [3.63, 3.8) is 0 Å². The van der Waals surface area contributed by atoms with Crippen LogP contribution >= 0.6 is 0 Å². The molecule has 0 unspecified atom stereocenters. The zero-order valence-corrected chi connectivity index (χ0v) is 7.66. The zero-order valence-electron chi connectivity index (χ0n) is 7.66. The summed E-state index contributed by atoms with van der Waals surface area (Å²) < 4.78 is 0. The van der Waals surface area contributed by atoms with E-state index in [9.17, 15) is 0 Å². The molecule has 4 saturated carbocycles. The van der Waals surface area contributed by atoms with Gasteiger partial charge < -0.3 is 0 Å². The second-order valence-electron chi connectivity index (χ2n) is 5.62. The van der Waals surface area contributed by atoms with E-state index in [1.807, 2.05) is 11.1 Å². The lowest BCUT2D eigenvalue weighted by molar-refractivity contribution is 0.340. The van der Waals surface area contributed by atoms with Crippen LogP contribution in [0.15, 0.2) is 11.1 Å². The SMILES string of the molecule is C1CC1=C1CC2(CC2)C2(CC2)C1. The molecule has 0 nitrogen and oxygen atoms in total. The van der Waals surface area contributed by atoms with E-state index in [-0.39, 0.29) is 0 Å². The second kappa shape index (κ2) is 1.54. The molecule has 0 aliphatic heterocycles. The predicted molar refractivity (Wildman–Crippen MR) is 48.8 cm³/mol. The molecule has 0 bridgehead atoms. The van der Waals surface area contributed by atoms with Gasteiger partial charge in [0.25, 0.3) is 0 Å². The quantitative estimate of drug-likeness (QED) is 0.476. The minimum absolute atomic E-state index is 0.887. The van der Waals surface area contributed by atoms with Crippen LogP contribution < -0.4 is 0 Å². The molecule has 0 heterocycles. The van der Waals surface area contributed by atoms with Crippen LogP contribution in [0.25, 0.3) is 0 Å². The third-order valence-electron chi connectivity index (χ3n) is 4.94. The van der Waals surface area contributed by atoms with E-state index in [1.165, 1.54) is 25.7 Å². The van der Waals surface area contributed by atoms with Gasteiger partial charge in [0.2, 0.25) is 0 Å². The van der Waals surface area contributed by atoms with E-state index in [4.69, 9.17) is 0 Å². The van der Waals surface area contributed by atoms with Crippen molar-refractivity contribution in [2.45, 2.75) is 51.4 Å². The minimum atomic E-state index is 0.887. The van der Waals surface area contributed by atoms with E-state index in [0.29, 0.717) is 0 Å². The summed E-state index contributed by atoms with van der Waals surface area (Å²) in [5.41, 5.74) is 5.56. The minimum Gasteiger partial charge on any atom is -0.0703 e. The molecule has 0 atom stereocenters. The molecule has 12 heavy (non-hydrogen) atoms. The van der Waals surface area contributed by atoms with Crippen LogP contribution in [0.5, 0.6) is 0 Å². The molecule has 4 rings (SSSR count). The Balaban J connectivity index is 1.78. The van der Waals surface area contributed by atoms with Gasteiger partial charge in [0.15, 0.2) is 0 Å². The fraction of sp³-hybridized carbons (Fsp3) is 0.833. The van der Waals surface area contributed by atoms with Gasteiger partial charge >= 0.3 is 0 Å². The maximum Gasteiger partial charge on any atom is -0.0200 e. The highest BCUT2D eigenvalue weighted by Crippen LogP contribution is 2.79. The van der Waals surface area contributed by atoms with Crippen LogP contribution in [0.1, 0.15) is 51.4 Å². The average molecular weight is 160 g/mol. The Morgan fingerprint density at radius 3 is 1.50 bits per heavy atom. The molecular formula is C12H16. The Labute approximate surface area is 74.0 Å². The topological polar surface area (TPSA) is 0 Å². The number of hydrogen-bond acceptors (Lipinski definition) is 0. The van der Waals surface area contributed by atoms with Crippen molar-refractivity contribution in [3.05, 3.63) is 11.1 Å². The van der Waals surface area contributed by atoms with E-state index in [2.05, 4.69) is 0 Å². The molecule has 64 valence electrons. The maximum atomic E-state index is 1.92. The maximum absolute atomic E-state index is 1.92. The molecule has 0 heteroatoms. The first-order chi connectivity index (χ1) is 5.84. The summed E-state index contributed by atoms with van der Waals surface area (Å²) in [6.07, 6.45) is 12.3. The highest BCUT2D eigenvalue weighted by Gasteiger charge is 2.68. The van der Waals surface area contributed by atoms with Crippen LogP contribution in [0, 0.1) is 10.8 Å². The third kappa shape index (κ3) is 0.582. The summed E-state index contributed by atoms with van der Waals surface area (Å²) in [6, 6.07) is 0. The summed E-state index contributed by atoms with van der Waals surface area (Å²) in [5, 5.41) is 0. The van der Waals surface area contributed by atoms with Gasteiger partial charge in [-0.05, 0) is 62.2 Å². The number of allylic oxidation sites excluding steroid dienone is 2. The van der Waals surface area contributed by atoms with Crippen molar-refractivity contribution in [3.8, 4) is 0 Å². The van der Waals surface area contributed by atoms with Crippen LogP contribution in [0.3, 0.4) is 0 Å². The van der Waals surface area contributed by atoms with E-state index in [1.54, 1.807) is 25.7 Å². The number of rotatable bonds is 0. The molecule has 0 aromatic carbocycles. The van der Waals surface area contributed by atoms with Gasteiger partial charge in [0.1, 0.15) is 0 Å². The first-order valence-corrected chi connectivity index (χ1v) is 5.54. The summed E-state index contributed by atoms with van der Waals surface area (Å²) in [7, 11) is 0. The van der Waals surface area contributed by atoms with Gasteiger partial charge in [0, 0.05) is 0 Å². The van der Waals surface area contributed by atoms with Crippen LogP contribution in [-0.4, -0.2) is 0 Å². The van der Waals surface area contributed by atoms with Gasteiger partial charge in [-0.2, -0.15) is 0 Å². The first-order valence-electron chi connectivity index (χ1n) is 5.54. The van der Waals surface area contributed by atoms with Gasteiger partial charge in [-0.25, -0.2) is 0 Å². The average Bonchev–Trinajstić information content (AvgIpc) is 2.87. The van der Waals surface area contributed by atoms with Crippen molar-refractivity contribution >= 4 is 0 Å². The molecule has 4 fully saturated rings. The monoisotopic (exact) mass is 160 g/mol. The fourth-order valence-electron chi connectivity index (χ4n) is 3.64. The van der Waals surface area contributed by atoms with E-state index < -0.39 is 0 Å². The molecule has 0 saturated heterocycles. The Hall–Kier alpha value is -0.260.